The first kappa shape index (κ1) is 20.1. The fourth-order valence-corrected chi connectivity index (χ4v) is 5.28. The number of nitrogens with one attached hydrogen (secondary N) is 1. The van der Waals surface area contributed by atoms with Crippen molar-refractivity contribution in [2.24, 2.45) is 0 Å². The number of benzene rings is 2. The first-order chi connectivity index (χ1) is 15.1. The van der Waals surface area contributed by atoms with Crippen LogP contribution in [0.1, 0.15) is 46.7 Å². The molecule has 2 aliphatic rings. The summed E-state index contributed by atoms with van der Waals surface area (Å²) in [6, 6.07) is 15.2. The first-order valence-electron chi connectivity index (χ1n) is 10.6. The molecule has 5 nitrogen and oxygen atoms in total. The number of ketones is 1. The summed E-state index contributed by atoms with van der Waals surface area (Å²) in [5.41, 5.74) is 2.62. The average molecular weight is 436 g/mol. The summed E-state index contributed by atoms with van der Waals surface area (Å²) in [5.74, 6) is 1.81. The maximum Gasteiger partial charge on any atom is 0.201 e. The van der Waals surface area contributed by atoms with E-state index >= 15 is 0 Å². The maximum absolute atomic E-state index is 12.3. The van der Waals surface area contributed by atoms with E-state index in [1.165, 1.54) is 11.3 Å². The SMILES string of the molecule is O=C(COc1ccc2c(c1)OC1(CCNCC1)CC2c1cccc(O)c1)c1ccsc1. The number of Topliss-reactive ketones (excluding diaryl/α,β-unsaturated/α-hetero) is 1. The van der Waals surface area contributed by atoms with Crippen molar-refractivity contribution in [2.45, 2.75) is 30.8 Å². The maximum atomic E-state index is 12.3. The van der Waals surface area contributed by atoms with Gasteiger partial charge < -0.3 is 19.9 Å². The van der Waals surface area contributed by atoms with E-state index in [-0.39, 0.29) is 29.7 Å². The molecule has 0 radical (unpaired) electrons. The molecular formula is C25H25NO4S. The molecule has 2 aromatic carbocycles. The van der Waals surface area contributed by atoms with Gasteiger partial charge in [-0.3, -0.25) is 4.79 Å². The molecule has 3 aromatic rings. The monoisotopic (exact) mass is 435 g/mol. The van der Waals surface area contributed by atoms with Gasteiger partial charge in [0.1, 0.15) is 22.8 Å². The lowest BCUT2D eigenvalue weighted by Gasteiger charge is -2.45. The summed E-state index contributed by atoms with van der Waals surface area (Å²) in [5, 5.41) is 17.2. The second-order valence-electron chi connectivity index (χ2n) is 8.31. The number of hydrogen-bond donors (Lipinski definition) is 2. The van der Waals surface area contributed by atoms with Crippen molar-refractivity contribution in [2.75, 3.05) is 19.7 Å². The highest BCUT2D eigenvalue weighted by atomic mass is 32.1. The van der Waals surface area contributed by atoms with E-state index in [1.807, 2.05) is 47.2 Å². The topological polar surface area (TPSA) is 67.8 Å². The predicted octanol–water partition coefficient (Wildman–Crippen LogP) is 4.75. The number of carbonyl (C=O) groups excluding carboxylic acids is 1. The van der Waals surface area contributed by atoms with Gasteiger partial charge in [0.15, 0.2) is 6.61 Å². The number of carbonyl (C=O) groups is 1. The Labute approximate surface area is 185 Å². The number of fused-ring (bicyclic) bond motifs is 1. The fourth-order valence-electron chi connectivity index (χ4n) is 4.62. The molecule has 2 N–H and O–H groups in total. The molecule has 1 unspecified atom stereocenters. The molecule has 1 atom stereocenters. The zero-order valence-corrected chi connectivity index (χ0v) is 18.0. The number of thiophene rings is 1. The highest BCUT2D eigenvalue weighted by Gasteiger charge is 2.42. The molecule has 1 saturated heterocycles. The highest BCUT2D eigenvalue weighted by molar-refractivity contribution is 7.08. The number of aromatic hydroxyl groups is 1. The summed E-state index contributed by atoms with van der Waals surface area (Å²) >= 11 is 1.50. The average Bonchev–Trinajstić information content (AvgIpc) is 3.32. The van der Waals surface area contributed by atoms with Crippen LogP contribution < -0.4 is 14.8 Å². The Kier molecular flexibility index (Phi) is 5.42. The van der Waals surface area contributed by atoms with Crippen LogP contribution >= 0.6 is 11.3 Å². The van der Waals surface area contributed by atoms with Crippen LogP contribution in [0, 0.1) is 0 Å². The van der Waals surface area contributed by atoms with Gasteiger partial charge in [-0.05, 0) is 67.6 Å². The van der Waals surface area contributed by atoms with Gasteiger partial charge in [-0.15, -0.1) is 0 Å². The van der Waals surface area contributed by atoms with Gasteiger partial charge >= 0.3 is 0 Å². The molecule has 0 aliphatic carbocycles. The number of rotatable bonds is 5. The van der Waals surface area contributed by atoms with Gasteiger partial charge in [-0.2, -0.15) is 11.3 Å². The molecule has 0 amide bonds. The normalized spacial score (nSPS) is 19.4. The van der Waals surface area contributed by atoms with Crippen LogP contribution in [0.4, 0.5) is 0 Å². The lowest BCUT2D eigenvalue weighted by atomic mass is 9.75. The van der Waals surface area contributed by atoms with Gasteiger partial charge in [0, 0.05) is 28.5 Å². The van der Waals surface area contributed by atoms with E-state index in [4.69, 9.17) is 9.47 Å². The van der Waals surface area contributed by atoms with Crippen LogP contribution in [0.15, 0.2) is 59.3 Å². The molecule has 1 spiro atoms. The van der Waals surface area contributed by atoms with Crippen molar-refractivity contribution < 1.29 is 19.4 Å². The second-order valence-corrected chi connectivity index (χ2v) is 9.09. The third-order valence-corrected chi connectivity index (χ3v) is 6.95. The Morgan fingerprint density at radius 2 is 2.06 bits per heavy atom. The number of phenolic OH excluding ortho intramolecular Hbond substituents is 1. The van der Waals surface area contributed by atoms with Crippen LogP contribution in [-0.2, 0) is 0 Å². The summed E-state index contributed by atoms with van der Waals surface area (Å²) in [6.07, 6.45) is 2.74. The molecule has 5 rings (SSSR count). The van der Waals surface area contributed by atoms with E-state index in [0.717, 1.165) is 49.2 Å². The zero-order valence-electron chi connectivity index (χ0n) is 17.2. The molecule has 2 aliphatic heterocycles. The highest BCUT2D eigenvalue weighted by Crippen LogP contribution is 2.48. The smallest absolute Gasteiger partial charge is 0.201 e. The summed E-state index contributed by atoms with van der Waals surface area (Å²) in [6.45, 7) is 1.85. The molecule has 1 aromatic heterocycles. The summed E-state index contributed by atoms with van der Waals surface area (Å²) < 4.78 is 12.4. The van der Waals surface area contributed by atoms with E-state index in [2.05, 4.69) is 11.4 Å². The first-order valence-corrected chi connectivity index (χ1v) is 11.6. The Morgan fingerprint density at radius 1 is 1.19 bits per heavy atom. The van der Waals surface area contributed by atoms with Gasteiger partial charge in [0.2, 0.25) is 5.78 Å². The van der Waals surface area contributed by atoms with Crippen LogP contribution in [0.2, 0.25) is 0 Å². The second kappa shape index (κ2) is 8.36. The molecule has 1 fully saturated rings. The van der Waals surface area contributed by atoms with Gasteiger partial charge in [0.25, 0.3) is 0 Å². The Hall–Kier alpha value is -2.83. The number of phenols is 1. The Balaban J connectivity index is 1.44. The largest absolute Gasteiger partial charge is 0.508 e. The quantitative estimate of drug-likeness (QED) is 0.566. The predicted molar refractivity (Wildman–Crippen MR) is 121 cm³/mol. The van der Waals surface area contributed by atoms with Crippen LogP contribution in [0.5, 0.6) is 17.2 Å². The minimum Gasteiger partial charge on any atom is -0.508 e. The molecule has 0 bridgehead atoms. The molecular weight excluding hydrogens is 410 g/mol. The fraction of sp³-hybridized carbons (Fsp3) is 0.320. The Morgan fingerprint density at radius 3 is 2.84 bits per heavy atom. The van der Waals surface area contributed by atoms with E-state index < -0.39 is 0 Å². The van der Waals surface area contributed by atoms with E-state index in [9.17, 15) is 9.90 Å². The van der Waals surface area contributed by atoms with Gasteiger partial charge in [-0.25, -0.2) is 0 Å². The standard InChI is InChI=1S/C25H25NO4S/c27-19-3-1-2-17(12-19)22-14-25(7-9-26-10-8-25)30-24-13-20(4-5-21(22)24)29-15-23(28)18-6-11-31-16-18/h1-6,11-13,16,22,26-27H,7-10,14-15H2. The molecule has 0 saturated carbocycles. The van der Waals surface area contributed by atoms with E-state index in [1.54, 1.807) is 6.07 Å². The summed E-state index contributed by atoms with van der Waals surface area (Å²) in [7, 11) is 0. The van der Waals surface area contributed by atoms with Crippen molar-refractivity contribution in [3.05, 3.63) is 76.0 Å². The lowest BCUT2D eigenvalue weighted by molar-refractivity contribution is 0.0111. The molecule has 6 heteroatoms. The Bertz CT molecular complexity index is 1070. The van der Waals surface area contributed by atoms with Crippen molar-refractivity contribution in [3.8, 4) is 17.2 Å². The number of ether oxygens (including phenoxy) is 2. The number of hydrogen-bond acceptors (Lipinski definition) is 6. The van der Waals surface area contributed by atoms with Crippen LogP contribution in [-0.4, -0.2) is 36.2 Å². The zero-order chi connectivity index (χ0) is 21.3. The van der Waals surface area contributed by atoms with Gasteiger partial charge in [0.05, 0.1) is 0 Å². The van der Waals surface area contributed by atoms with Gasteiger partial charge in [-0.1, -0.05) is 18.2 Å². The van der Waals surface area contributed by atoms with Crippen molar-refractivity contribution >= 4 is 17.1 Å². The van der Waals surface area contributed by atoms with Crippen molar-refractivity contribution in [1.82, 2.24) is 5.32 Å². The summed E-state index contributed by atoms with van der Waals surface area (Å²) in [4.78, 5) is 12.3. The van der Waals surface area contributed by atoms with Crippen molar-refractivity contribution in [1.29, 1.82) is 0 Å². The lowest BCUT2D eigenvalue weighted by Crippen LogP contribution is -2.49. The minimum absolute atomic E-state index is 0.000565. The number of piperidine rings is 1. The van der Waals surface area contributed by atoms with Crippen LogP contribution in [0.3, 0.4) is 0 Å². The molecule has 31 heavy (non-hydrogen) atoms. The minimum atomic E-state index is -0.237. The van der Waals surface area contributed by atoms with Crippen molar-refractivity contribution in [3.63, 3.8) is 0 Å². The third kappa shape index (κ3) is 4.18. The molecule has 3 heterocycles. The van der Waals surface area contributed by atoms with Crippen LogP contribution in [0.25, 0.3) is 0 Å². The molecule has 160 valence electrons. The van der Waals surface area contributed by atoms with E-state index in [0.29, 0.717) is 11.3 Å². The third-order valence-electron chi connectivity index (χ3n) is 6.26.